The van der Waals surface area contributed by atoms with Gasteiger partial charge in [0.05, 0.1) is 6.42 Å². The molecule has 0 bridgehead atoms. The fraction of sp³-hybridized carbons (Fsp3) is 0.345. The lowest BCUT2D eigenvalue weighted by atomic mass is 10.0. The molecule has 3 aromatic carbocycles. The molecule has 1 unspecified atom stereocenters. The standard InChI is InChI=1S/C29H33N3O2/c1-2-32-26-9-5-4-8-24(26)25-18-22(12-15-27(25)32)28(19-29(30)33)34-23-13-10-21(11-14-23)20-31-16-6-3-7-17-31/h4-5,8-15,18,28H,2-3,6-7,16-17,19-20H2,1H3,(H2,30,33). The SMILES string of the molecule is CCn1c2ccccc2c2cc(C(CC(N)=O)Oc3ccc(CN4CCCCC4)cc3)ccc21. The number of fused-ring (bicyclic) bond motifs is 3. The van der Waals surface area contributed by atoms with Gasteiger partial charge in [-0.3, -0.25) is 9.69 Å². The normalized spacial score (nSPS) is 15.6. The molecule has 5 rings (SSSR count). The summed E-state index contributed by atoms with van der Waals surface area (Å²) < 4.78 is 8.65. The lowest BCUT2D eigenvalue weighted by molar-refractivity contribution is -0.119. The Morgan fingerprint density at radius 1 is 0.941 bits per heavy atom. The van der Waals surface area contributed by atoms with E-state index in [-0.39, 0.29) is 12.3 Å². The Balaban J connectivity index is 1.41. The van der Waals surface area contributed by atoms with Crippen molar-refractivity contribution in [1.29, 1.82) is 0 Å². The summed E-state index contributed by atoms with van der Waals surface area (Å²) in [5.74, 6) is 0.382. The van der Waals surface area contributed by atoms with E-state index in [0.29, 0.717) is 0 Å². The van der Waals surface area contributed by atoms with Crippen molar-refractivity contribution in [3.8, 4) is 5.75 Å². The molecule has 5 nitrogen and oxygen atoms in total. The molecule has 1 saturated heterocycles. The van der Waals surface area contributed by atoms with Crippen LogP contribution < -0.4 is 10.5 Å². The van der Waals surface area contributed by atoms with E-state index < -0.39 is 6.10 Å². The fourth-order valence-corrected chi connectivity index (χ4v) is 5.24. The first-order chi connectivity index (χ1) is 16.6. The third kappa shape index (κ3) is 4.66. The van der Waals surface area contributed by atoms with E-state index in [0.717, 1.165) is 24.4 Å². The molecule has 2 N–H and O–H groups in total. The van der Waals surface area contributed by atoms with Crippen LogP contribution in [0, 0.1) is 0 Å². The maximum absolute atomic E-state index is 11.9. The molecule has 34 heavy (non-hydrogen) atoms. The van der Waals surface area contributed by atoms with Gasteiger partial charge in [-0.2, -0.15) is 0 Å². The lowest BCUT2D eigenvalue weighted by Crippen LogP contribution is -2.29. The van der Waals surface area contributed by atoms with Crippen LogP contribution in [0.5, 0.6) is 5.75 Å². The number of para-hydroxylation sites is 1. The summed E-state index contributed by atoms with van der Waals surface area (Å²) in [7, 11) is 0. The number of carbonyl (C=O) groups excluding carboxylic acids is 1. The number of amides is 1. The average Bonchev–Trinajstić information content (AvgIpc) is 3.18. The topological polar surface area (TPSA) is 60.5 Å². The van der Waals surface area contributed by atoms with Crippen molar-refractivity contribution in [3.63, 3.8) is 0 Å². The Labute approximate surface area is 201 Å². The van der Waals surface area contributed by atoms with Crippen LogP contribution in [0.15, 0.2) is 66.7 Å². The van der Waals surface area contributed by atoms with Gasteiger partial charge in [-0.1, -0.05) is 42.8 Å². The number of hydrogen-bond donors (Lipinski definition) is 1. The molecule has 0 aliphatic carbocycles. The number of aryl methyl sites for hydroxylation is 1. The summed E-state index contributed by atoms with van der Waals surface area (Å²) in [5, 5.41) is 2.38. The van der Waals surface area contributed by atoms with Crippen molar-refractivity contribution < 1.29 is 9.53 Å². The minimum absolute atomic E-state index is 0.132. The van der Waals surface area contributed by atoms with Crippen molar-refractivity contribution in [1.82, 2.24) is 9.47 Å². The van der Waals surface area contributed by atoms with Gasteiger partial charge in [0, 0.05) is 34.9 Å². The second-order valence-electron chi connectivity index (χ2n) is 9.30. The minimum atomic E-state index is -0.432. The van der Waals surface area contributed by atoms with E-state index in [1.165, 1.54) is 59.7 Å². The molecular weight excluding hydrogens is 422 g/mol. The van der Waals surface area contributed by atoms with Crippen LogP contribution in [0.2, 0.25) is 0 Å². The molecule has 0 saturated carbocycles. The van der Waals surface area contributed by atoms with E-state index >= 15 is 0 Å². The Hall–Kier alpha value is -3.31. The molecule has 0 radical (unpaired) electrons. The number of piperidine rings is 1. The Morgan fingerprint density at radius 2 is 1.68 bits per heavy atom. The van der Waals surface area contributed by atoms with Crippen molar-refractivity contribution in [2.45, 2.75) is 51.8 Å². The Kier molecular flexibility index (Phi) is 6.54. The predicted molar refractivity (Wildman–Crippen MR) is 138 cm³/mol. The summed E-state index contributed by atoms with van der Waals surface area (Å²) >= 11 is 0. The number of nitrogens with two attached hydrogens (primary N) is 1. The number of nitrogens with zero attached hydrogens (tertiary/aromatic N) is 2. The highest BCUT2D eigenvalue weighted by molar-refractivity contribution is 6.08. The first-order valence-electron chi connectivity index (χ1n) is 12.4. The number of rotatable bonds is 8. The molecule has 176 valence electrons. The van der Waals surface area contributed by atoms with E-state index in [2.05, 4.69) is 71.0 Å². The predicted octanol–water partition coefficient (Wildman–Crippen LogP) is 5.80. The number of benzene rings is 3. The second-order valence-corrected chi connectivity index (χ2v) is 9.30. The zero-order valence-electron chi connectivity index (χ0n) is 19.9. The van der Waals surface area contributed by atoms with Gasteiger partial charge in [-0.25, -0.2) is 0 Å². The molecule has 1 atom stereocenters. The lowest BCUT2D eigenvalue weighted by Gasteiger charge is -2.26. The molecule has 5 heteroatoms. The van der Waals surface area contributed by atoms with Crippen molar-refractivity contribution in [2.24, 2.45) is 5.73 Å². The number of ether oxygens (including phenoxy) is 1. The average molecular weight is 456 g/mol. The quantitative estimate of drug-likeness (QED) is 0.365. The zero-order chi connectivity index (χ0) is 23.5. The molecule has 1 fully saturated rings. The smallest absolute Gasteiger partial charge is 0.221 e. The van der Waals surface area contributed by atoms with Crippen LogP contribution in [0.25, 0.3) is 21.8 Å². The molecule has 1 aliphatic heterocycles. The summed E-state index contributed by atoms with van der Waals surface area (Å²) in [6, 6.07) is 23.1. The van der Waals surface area contributed by atoms with Gasteiger partial charge in [-0.05, 0) is 74.3 Å². The van der Waals surface area contributed by atoms with Crippen molar-refractivity contribution in [2.75, 3.05) is 13.1 Å². The monoisotopic (exact) mass is 455 g/mol. The van der Waals surface area contributed by atoms with Gasteiger partial charge in [0.15, 0.2) is 0 Å². The van der Waals surface area contributed by atoms with Crippen LogP contribution >= 0.6 is 0 Å². The largest absolute Gasteiger partial charge is 0.485 e. The summed E-state index contributed by atoms with van der Waals surface area (Å²) in [6.07, 6.45) is 3.62. The fourth-order valence-electron chi connectivity index (χ4n) is 5.24. The molecule has 2 heterocycles. The van der Waals surface area contributed by atoms with E-state index in [4.69, 9.17) is 10.5 Å². The van der Waals surface area contributed by atoms with E-state index in [9.17, 15) is 4.79 Å². The summed E-state index contributed by atoms with van der Waals surface area (Å²) in [6.45, 7) is 6.39. The number of carbonyl (C=O) groups is 1. The summed E-state index contributed by atoms with van der Waals surface area (Å²) in [5.41, 5.74) is 10.3. The van der Waals surface area contributed by atoms with Crippen LogP contribution in [-0.4, -0.2) is 28.5 Å². The maximum atomic E-state index is 11.9. The highest BCUT2D eigenvalue weighted by Crippen LogP contribution is 2.33. The zero-order valence-corrected chi connectivity index (χ0v) is 19.9. The van der Waals surface area contributed by atoms with Crippen LogP contribution in [0.1, 0.15) is 49.8 Å². The molecule has 0 spiro atoms. The first kappa shape index (κ1) is 22.5. The van der Waals surface area contributed by atoms with Crippen molar-refractivity contribution >= 4 is 27.7 Å². The number of primary amides is 1. The van der Waals surface area contributed by atoms with Crippen LogP contribution in [-0.2, 0) is 17.9 Å². The molecule has 1 amide bonds. The molecule has 4 aromatic rings. The van der Waals surface area contributed by atoms with Gasteiger partial charge in [-0.15, -0.1) is 0 Å². The van der Waals surface area contributed by atoms with Crippen molar-refractivity contribution in [3.05, 3.63) is 77.9 Å². The van der Waals surface area contributed by atoms with E-state index in [1.807, 2.05) is 12.1 Å². The van der Waals surface area contributed by atoms with Gasteiger partial charge in [0.1, 0.15) is 11.9 Å². The third-order valence-corrected chi connectivity index (χ3v) is 6.93. The summed E-state index contributed by atoms with van der Waals surface area (Å²) in [4.78, 5) is 14.4. The minimum Gasteiger partial charge on any atom is -0.485 e. The third-order valence-electron chi connectivity index (χ3n) is 6.93. The number of hydrogen-bond acceptors (Lipinski definition) is 3. The highest BCUT2D eigenvalue weighted by Gasteiger charge is 2.19. The highest BCUT2D eigenvalue weighted by atomic mass is 16.5. The van der Waals surface area contributed by atoms with E-state index in [1.54, 1.807) is 0 Å². The van der Waals surface area contributed by atoms with Gasteiger partial charge in [0.25, 0.3) is 0 Å². The van der Waals surface area contributed by atoms with Crippen LogP contribution in [0.3, 0.4) is 0 Å². The molecule has 1 aliphatic rings. The molecule has 1 aromatic heterocycles. The number of aromatic nitrogens is 1. The van der Waals surface area contributed by atoms with Crippen LogP contribution in [0.4, 0.5) is 0 Å². The van der Waals surface area contributed by atoms with Gasteiger partial charge < -0.3 is 15.0 Å². The Bertz CT molecular complexity index is 1290. The number of likely N-dealkylation sites (tertiary alicyclic amines) is 1. The molecular formula is C29H33N3O2. The maximum Gasteiger partial charge on any atom is 0.221 e. The second kappa shape index (κ2) is 9.90. The van der Waals surface area contributed by atoms with Gasteiger partial charge >= 0.3 is 0 Å². The Morgan fingerprint density at radius 3 is 2.41 bits per heavy atom. The first-order valence-corrected chi connectivity index (χ1v) is 12.4. The van der Waals surface area contributed by atoms with Gasteiger partial charge in [0.2, 0.25) is 5.91 Å².